The average molecular weight is 381 g/mol. The zero-order chi connectivity index (χ0) is 19.7. The highest BCUT2D eigenvalue weighted by Gasteiger charge is 2.29. The van der Waals surface area contributed by atoms with E-state index in [1.165, 1.54) is 12.1 Å². The van der Waals surface area contributed by atoms with Crippen molar-refractivity contribution in [1.82, 2.24) is 5.32 Å². The Balaban J connectivity index is 1.57. The molecule has 1 atom stereocenters. The van der Waals surface area contributed by atoms with Gasteiger partial charge in [-0.2, -0.15) is 0 Å². The van der Waals surface area contributed by atoms with E-state index in [1.54, 1.807) is 12.1 Å². The summed E-state index contributed by atoms with van der Waals surface area (Å²) in [7, 11) is 0. The summed E-state index contributed by atoms with van der Waals surface area (Å²) in [6.07, 6.45) is 3.47. The molecule has 6 heteroatoms. The van der Waals surface area contributed by atoms with Crippen LogP contribution >= 0.6 is 0 Å². The van der Waals surface area contributed by atoms with Crippen LogP contribution < -0.4 is 15.5 Å². The molecule has 2 amide bonds. The van der Waals surface area contributed by atoms with E-state index < -0.39 is 6.04 Å². The molecule has 28 heavy (non-hydrogen) atoms. The Morgan fingerprint density at radius 2 is 1.93 bits per heavy atom. The van der Waals surface area contributed by atoms with Gasteiger partial charge in [-0.25, -0.2) is 4.39 Å². The third-order valence-electron chi connectivity index (χ3n) is 5.26. The number of hydrogen-bond acceptors (Lipinski definition) is 3. The lowest BCUT2D eigenvalue weighted by atomic mass is 10.0. The normalized spacial score (nSPS) is 17.5. The van der Waals surface area contributed by atoms with Crippen molar-refractivity contribution < 1.29 is 14.0 Å². The molecule has 0 bridgehead atoms. The molecule has 2 aromatic carbocycles. The minimum Gasteiger partial charge on any atom is -0.370 e. The van der Waals surface area contributed by atoms with Gasteiger partial charge < -0.3 is 15.5 Å². The molecule has 1 aliphatic carbocycles. The van der Waals surface area contributed by atoms with Crippen molar-refractivity contribution in [2.24, 2.45) is 0 Å². The number of rotatable bonds is 6. The molecule has 2 N–H and O–H groups in total. The lowest BCUT2D eigenvalue weighted by molar-refractivity contribution is -0.122. The molecule has 2 aromatic rings. The molecule has 2 fully saturated rings. The van der Waals surface area contributed by atoms with Crippen molar-refractivity contribution in [3.63, 3.8) is 0 Å². The smallest absolute Gasteiger partial charge is 0.247 e. The molecule has 5 nitrogen and oxygen atoms in total. The summed E-state index contributed by atoms with van der Waals surface area (Å²) >= 11 is 0. The molecule has 0 radical (unpaired) electrons. The minimum atomic E-state index is -0.611. The van der Waals surface area contributed by atoms with Gasteiger partial charge >= 0.3 is 0 Å². The van der Waals surface area contributed by atoms with Crippen LogP contribution in [0.4, 0.5) is 15.8 Å². The Bertz CT molecular complexity index is 893. The first-order valence-corrected chi connectivity index (χ1v) is 9.74. The molecule has 146 valence electrons. The fourth-order valence-corrected chi connectivity index (χ4v) is 3.59. The van der Waals surface area contributed by atoms with Gasteiger partial charge in [-0.3, -0.25) is 9.59 Å². The number of anilines is 2. The standard InChI is InChI=1S/C22H24FN3O2/c1-14-13-18(10-11-19(14)26-12-2-3-20(26)27)24-21(22(28)25-17-8-9-17)15-4-6-16(23)7-5-15/h4-7,10-11,13,17,21,24H,2-3,8-9,12H2,1H3,(H,25,28)/t21-/m0/s1. The Kier molecular flexibility index (Phi) is 5.03. The SMILES string of the molecule is Cc1cc(N[C@H](C(=O)NC2CC2)c2ccc(F)cc2)ccc1N1CCCC1=O. The highest BCUT2D eigenvalue weighted by molar-refractivity contribution is 5.96. The number of aryl methyl sites for hydroxylation is 1. The second kappa shape index (κ2) is 7.62. The molecule has 4 rings (SSSR count). The van der Waals surface area contributed by atoms with Crippen molar-refractivity contribution in [2.75, 3.05) is 16.8 Å². The molecule has 0 aromatic heterocycles. The summed E-state index contributed by atoms with van der Waals surface area (Å²) in [5, 5.41) is 6.30. The van der Waals surface area contributed by atoms with E-state index in [9.17, 15) is 14.0 Å². The maximum absolute atomic E-state index is 13.3. The van der Waals surface area contributed by atoms with Gasteiger partial charge in [-0.15, -0.1) is 0 Å². The van der Waals surface area contributed by atoms with Gasteiger partial charge in [-0.1, -0.05) is 12.1 Å². The lowest BCUT2D eigenvalue weighted by Gasteiger charge is -2.22. The fraction of sp³-hybridized carbons (Fsp3) is 0.364. The number of hydrogen-bond donors (Lipinski definition) is 2. The van der Waals surface area contributed by atoms with E-state index in [1.807, 2.05) is 30.0 Å². The predicted octanol–water partition coefficient (Wildman–Crippen LogP) is 3.69. The van der Waals surface area contributed by atoms with E-state index in [-0.39, 0.29) is 23.7 Å². The average Bonchev–Trinajstić information content (AvgIpc) is 3.39. The first kappa shape index (κ1) is 18.5. The van der Waals surface area contributed by atoms with Gasteiger partial charge in [0.1, 0.15) is 11.9 Å². The molecule has 1 saturated heterocycles. The maximum Gasteiger partial charge on any atom is 0.247 e. The van der Waals surface area contributed by atoms with Crippen LogP contribution in [0.1, 0.15) is 42.9 Å². The van der Waals surface area contributed by atoms with Gasteiger partial charge in [0.05, 0.1) is 0 Å². The van der Waals surface area contributed by atoms with Crippen LogP contribution in [0.2, 0.25) is 0 Å². The number of carbonyl (C=O) groups excluding carboxylic acids is 2. The molecule has 1 saturated carbocycles. The third-order valence-corrected chi connectivity index (χ3v) is 5.26. The Hall–Kier alpha value is -2.89. The van der Waals surface area contributed by atoms with Crippen molar-refractivity contribution in [2.45, 2.75) is 44.7 Å². The van der Waals surface area contributed by atoms with Crippen LogP contribution in [-0.2, 0) is 9.59 Å². The number of halogens is 1. The van der Waals surface area contributed by atoms with Crippen LogP contribution in [0.3, 0.4) is 0 Å². The number of benzene rings is 2. The number of amides is 2. The van der Waals surface area contributed by atoms with Crippen molar-refractivity contribution in [3.05, 3.63) is 59.4 Å². The van der Waals surface area contributed by atoms with E-state index in [0.717, 1.165) is 42.7 Å². The molecular weight excluding hydrogens is 357 g/mol. The summed E-state index contributed by atoms with van der Waals surface area (Å²) in [4.78, 5) is 26.6. The molecule has 1 heterocycles. The number of carbonyl (C=O) groups is 2. The van der Waals surface area contributed by atoms with Gasteiger partial charge in [0, 0.05) is 30.4 Å². The van der Waals surface area contributed by atoms with Crippen LogP contribution in [0.15, 0.2) is 42.5 Å². The second-order valence-corrected chi connectivity index (χ2v) is 7.56. The Labute approximate surface area is 163 Å². The zero-order valence-electron chi connectivity index (χ0n) is 15.9. The number of nitrogens with zero attached hydrogens (tertiary/aromatic N) is 1. The zero-order valence-corrected chi connectivity index (χ0v) is 15.9. The van der Waals surface area contributed by atoms with Crippen molar-refractivity contribution >= 4 is 23.2 Å². The predicted molar refractivity (Wildman–Crippen MR) is 107 cm³/mol. The summed E-state index contributed by atoms with van der Waals surface area (Å²) in [6.45, 7) is 2.71. The third kappa shape index (κ3) is 4.01. The molecule has 1 aliphatic heterocycles. The quantitative estimate of drug-likeness (QED) is 0.802. The summed E-state index contributed by atoms with van der Waals surface area (Å²) in [5.74, 6) is -0.303. The molecule has 0 spiro atoms. The van der Waals surface area contributed by atoms with Gasteiger partial charge in [0.15, 0.2) is 0 Å². The van der Waals surface area contributed by atoms with Gasteiger partial charge in [0.2, 0.25) is 11.8 Å². The van der Waals surface area contributed by atoms with E-state index >= 15 is 0 Å². The summed E-state index contributed by atoms with van der Waals surface area (Å²) in [6, 6.07) is 11.4. The van der Waals surface area contributed by atoms with Crippen LogP contribution in [0, 0.1) is 12.7 Å². The van der Waals surface area contributed by atoms with Gasteiger partial charge in [0.25, 0.3) is 0 Å². The first-order chi connectivity index (χ1) is 13.5. The van der Waals surface area contributed by atoms with E-state index in [2.05, 4.69) is 10.6 Å². The molecular formula is C22H24FN3O2. The Morgan fingerprint density at radius 3 is 2.54 bits per heavy atom. The topological polar surface area (TPSA) is 61.4 Å². The van der Waals surface area contributed by atoms with Crippen LogP contribution in [0.5, 0.6) is 0 Å². The second-order valence-electron chi connectivity index (χ2n) is 7.56. The van der Waals surface area contributed by atoms with Crippen LogP contribution in [0.25, 0.3) is 0 Å². The summed E-state index contributed by atoms with van der Waals surface area (Å²) in [5.41, 5.74) is 3.37. The molecule has 2 aliphatic rings. The first-order valence-electron chi connectivity index (χ1n) is 9.74. The number of nitrogens with one attached hydrogen (secondary N) is 2. The highest BCUT2D eigenvalue weighted by Crippen LogP contribution is 2.30. The van der Waals surface area contributed by atoms with Crippen LogP contribution in [-0.4, -0.2) is 24.4 Å². The highest BCUT2D eigenvalue weighted by atomic mass is 19.1. The van der Waals surface area contributed by atoms with Crippen molar-refractivity contribution in [3.8, 4) is 0 Å². The maximum atomic E-state index is 13.3. The van der Waals surface area contributed by atoms with E-state index in [0.29, 0.717) is 12.0 Å². The largest absolute Gasteiger partial charge is 0.370 e. The van der Waals surface area contributed by atoms with E-state index in [4.69, 9.17) is 0 Å². The monoisotopic (exact) mass is 381 g/mol. The lowest BCUT2D eigenvalue weighted by Crippen LogP contribution is -2.34. The summed E-state index contributed by atoms with van der Waals surface area (Å²) < 4.78 is 13.3. The van der Waals surface area contributed by atoms with Crippen molar-refractivity contribution in [1.29, 1.82) is 0 Å². The molecule has 0 unspecified atom stereocenters. The van der Waals surface area contributed by atoms with Gasteiger partial charge in [-0.05, 0) is 67.6 Å². The fourth-order valence-electron chi connectivity index (χ4n) is 3.59. The Morgan fingerprint density at radius 1 is 1.18 bits per heavy atom. The minimum absolute atomic E-state index is 0.120.